The SMILES string of the molecule is CC(Nc1ccc(F)cc1I)C(=O)NCc1ccco1. The predicted molar refractivity (Wildman–Crippen MR) is 82.8 cm³/mol. The van der Waals surface area contributed by atoms with Crippen LogP contribution in [0.25, 0.3) is 0 Å². The number of rotatable bonds is 5. The monoisotopic (exact) mass is 388 g/mol. The number of carbonyl (C=O) groups is 1. The number of nitrogens with one attached hydrogen (secondary N) is 2. The van der Waals surface area contributed by atoms with Crippen LogP contribution in [0.15, 0.2) is 41.0 Å². The smallest absolute Gasteiger partial charge is 0.242 e. The van der Waals surface area contributed by atoms with Crippen molar-refractivity contribution < 1.29 is 13.6 Å². The summed E-state index contributed by atoms with van der Waals surface area (Å²) in [4.78, 5) is 11.9. The van der Waals surface area contributed by atoms with Gasteiger partial charge in [0.15, 0.2) is 0 Å². The molecule has 2 rings (SSSR count). The van der Waals surface area contributed by atoms with Crippen molar-refractivity contribution in [3.8, 4) is 0 Å². The van der Waals surface area contributed by atoms with Crippen molar-refractivity contribution in [1.82, 2.24) is 5.32 Å². The summed E-state index contributed by atoms with van der Waals surface area (Å²) in [6, 6.07) is 7.52. The Morgan fingerprint density at radius 3 is 2.90 bits per heavy atom. The first-order valence-electron chi connectivity index (χ1n) is 6.08. The normalized spacial score (nSPS) is 11.9. The Kier molecular flexibility index (Phi) is 4.99. The van der Waals surface area contributed by atoms with Crippen LogP contribution >= 0.6 is 22.6 Å². The van der Waals surface area contributed by atoms with Crippen LogP contribution < -0.4 is 10.6 Å². The van der Waals surface area contributed by atoms with Gasteiger partial charge in [0.2, 0.25) is 5.91 Å². The molecule has 2 aromatic rings. The number of anilines is 1. The molecule has 1 amide bonds. The lowest BCUT2D eigenvalue weighted by Crippen LogP contribution is -2.37. The van der Waals surface area contributed by atoms with Gasteiger partial charge in [0.05, 0.1) is 12.8 Å². The van der Waals surface area contributed by atoms with Gasteiger partial charge in [0, 0.05) is 9.26 Å². The number of furan rings is 1. The molecule has 0 spiro atoms. The number of benzene rings is 1. The molecule has 1 atom stereocenters. The molecule has 0 fully saturated rings. The minimum absolute atomic E-state index is 0.151. The molecule has 106 valence electrons. The molecule has 0 radical (unpaired) electrons. The molecular formula is C14H14FIN2O2. The van der Waals surface area contributed by atoms with E-state index in [4.69, 9.17) is 4.42 Å². The summed E-state index contributed by atoms with van der Waals surface area (Å²) in [7, 11) is 0. The molecule has 1 aromatic heterocycles. The van der Waals surface area contributed by atoms with Crippen LogP contribution in [-0.4, -0.2) is 11.9 Å². The highest BCUT2D eigenvalue weighted by Crippen LogP contribution is 2.19. The molecule has 1 heterocycles. The summed E-state index contributed by atoms with van der Waals surface area (Å²) in [5.41, 5.74) is 0.729. The maximum atomic E-state index is 13.0. The number of hydrogen-bond acceptors (Lipinski definition) is 3. The lowest BCUT2D eigenvalue weighted by Gasteiger charge is -2.16. The average Bonchev–Trinajstić information content (AvgIpc) is 2.92. The van der Waals surface area contributed by atoms with Crippen LogP contribution in [0.1, 0.15) is 12.7 Å². The summed E-state index contributed by atoms with van der Waals surface area (Å²) in [6.45, 7) is 2.09. The maximum Gasteiger partial charge on any atom is 0.242 e. The third kappa shape index (κ3) is 3.96. The fraction of sp³-hybridized carbons (Fsp3) is 0.214. The molecule has 0 aliphatic heterocycles. The molecular weight excluding hydrogens is 374 g/mol. The van der Waals surface area contributed by atoms with Gasteiger partial charge in [-0.3, -0.25) is 4.79 Å². The Morgan fingerprint density at radius 2 is 2.25 bits per heavy atom. The summed E-state index contributed by atoms with van der Waals surface area (Å²) in [5, 5.41) is 5.81. The van der Waals surface area contributed by atoms with E-state index in [9.17, 15) is 9.18 Å². The highest BCUT2D eigenvalue weighted by Gasteiger charge is 2.14. The van der Waals surface area contributed by atoms with Gasteiger partial charge in [0.1, 0.15) is 17.6 Å². The Balaban J connectivity index is 1.90. The van der Waals surface area contributed by atoms with Crippen LogP contribution in [0.3, 0.4) is 0 Å². The topological polar surface area (TPSA) is 54.3 Å². The fourth-order valence-corrected chi connectivity index (χ4v) is 2.28. The second kappa shape index (κ2) is 6.74. The molecule has 0 saturated carbocycles. The number of hydrogen-bond donors (Lipinski definition) is 2. The second-order valence-electron chi connectivity index (χ2n) is 4.29. The summed E-state index contributed by atoms with van der Waals surface area (Å²) in [5.74, 6) is 0.248. The minimum Gasteiger partial charge on any atom is -0.467 e. The van der Waals surface area contributed by atoms with Crippen molar-refractivity contribution in [3.63, 3.8) is 0 Å². The molecule has 0 bridgehead atoms. The van der Waals surface area contributed by atoms with Crippen LogP contribution in [0.2, 0.25) is 0 Å². The molecule has 1 aromatic carbocycles. The Hall–Kier alpha value is -1.57. The van der Waals surface area contributed by atoms with E-state index in [1.807, 2.05) is 22.6 Å². The number of amides is 1. The zero-order chi connectivity index (χ0) is 14.5. The fourth-order valence-electron chi connectivity index (χ4n) is 1.65. The molecule has 0 saturated heterocycles. The zero-order valence-electron chi connectivity index (χ0n) is 10.8. The van der Waals surface area contributed by atoms with Crippen LogP contribution in [-0.2, 0) is 11.3 Å². The Morgan fingerprint density at radius 1 is 1.45 bits per heavy atom. The largest absolute Gasteiger partial charge is 0.467 e. The van der Waals surface area contributed by atoms with Gasteiger partial charge in [-0.15, -0.1) is 0 Å². The molecule has 4 nitrogen and oxygen atoms in total. The number of carbonyl (C=O) groups excluding carboxylic acids is 1. The summed E-state index contributed by atoms with van der Waals surface area (Å²) in [6.07, 6.45) is 1.56. The molecule has 0 aliphatic carbocycles. The molecule has 2 N–H and O–H groups in total. The van der Waals surface area contributed by atoms with Gasteiger partial charge in [-0.2, -0.15) is 0 Å². The number of halogens is 2. The van der Waals surface area contributed by atoms with E-state index < -0.39 is 6.04 Å². The second-order valence-corrected chi connectivity index (χ2v) is 5.45. The van der Waals surface area contributed by atoms with Gasteiger partial charge < -0.3 is 15.1 Å². The standard InChI is InChI=1S/C14H14FIN2O2/c1-9(14(19)17-8-11-3-2-6-20-11)18-13-5-4-10(15)7-12(13)16/h2-7,9,18H,8H2,1H3,(H,17,19). The van der Waals surface area contributed by atoms with E-state index in [1.165, 1.54) is 12.1 Å². The Labute approximate surface area is 129 Å². The van der Waals surface area contributed by atoms with Crippen molar-refractivity contribution >= 4 is 34.2 Å². The molecule has 1 unspecified atom stereocenters. The lowest BCUT2D eigenvalue weighted by atomic mass is 10.2. The summed E-state index contributed by atoms with van der Waals surface area (Å²) < 4.78 is 18.9. The third-order valence-corrected chi connectivity index (χ3v) is 3.61. The zero-order valence-corrected chi connectivity index (χ0v) is 13.0. The third-order valence-electron chi connectivity index (χ3n) is 2.71. The average molecular weight is 388 g/mol. The molecule has 0 aliphatic rings. The van der Waals surface area contributed by atoms with E-state index in [-0.39, 0.29) is 11.7 Å². The van der Waals surface area contributed by atoms with E-state index in [0.717, 1.165) is 9.26 Å². The van der Waals surface area contributed by atoms with Crippen LogP contribution in [0, 0.1) is 9.39 Å². The van der Waals surface area contributed by atoms with Crippen molar-refractivity contribution in [2.75, 3.05) is 5.32 Å². The van der Waals surface area contributed by atoms with E-state index in [0.29, 0.717) is 12.3 Å². The first-order chi connectivity index (χ1) is 9.56. The molecule has 20 heavy (non-hydrogen) atoms. The van der Waals surface area contributed by atoms with Gasteiger partial charge in [-0.1, -0.05) is 0 Å². The molecule has 6 heteroatoms. The first-order valence-corrected chi connectivity index (χ1v) is 7.16. The van der Waals surface area contributed by atoms with Crippen LogP contribution in [0.4, 0.5) is 10.1 Å². The van der Waals surface area contributed by atoms with Crippen molar-refractivity contribution in [2.24, 2.45) is 0 Å². The van der Waals surface area contributed by atoms with Gasteiger partial charge >= 0.3 is 0 Å². The lowest BCUT2D eigenvalue weighted by molar-refractivity contribution is -0.121. The van der Waals surface area contributed by atoms with E-state index in [2.05, 4.69) is 10.6 Å². The van der Waals surface area contributed by atoms with Crippen molar-refractivity contribution in [3.05, 3.63) is 51.7 Å². The minimum atomic E-state index is -0.427. The van der Waals surface area contributed by atoms with E-state index >= 15 is 0 Å². The van der Waals surface area contributed by atoms with Gasteiger partial charge in [-0.05, 0) is 59.8 Å². The Bertz CT molecular complexity index is 587. The van der Waals surface area contributed by atoms with E-state index in [1.54, 1.807) is 31.4 Å². The van der Waals surface area contributed by atoms with Crippen molar-refractivity contribution in [2.45, 2.75) is 19.5 Å². The van der Waals surface area contributed by atoms with Gasteiger partial charge in [-0.25, -0.2) is 4.39 Å². The van der Waals surface area contributed by atoms with Crippen molar-refractivity contribution in [1.29, 1.82) is 0 Å². The maximum absolute atomic E-state index is 13.0. The van der Waals surface area contributed by atoms with Crippen LogP contribution in [0.5, 0.6) is 0 Å². The quantitative estimate of drug-likeness (QED) is 0.774. The predicted octanol–water partition coefficient (Wildman–Crippen LogP) is 3.14. The summed E-state index contributed by atoms with van der Waals surface area (Å²) >= 11 is 2.02. The van der Waals surface area contributed by atoms with Gasteiger partial charge in [0.25, 0.3) is 0 Å². The first kappa shape index (κ1) is 14.8. The highest BCUT2D eigenvalue weighted by molar-refractivity contribution is 14.1. The highest BCUT2D eigenvalue weighted by atomic mass is 127.